The van der Waals surface area contributed by atoms with E-state index in [0.29, 0.717) is 17.9 Å². The van der Waals surface area contributed by atoms with Gasteiger partial charge in [0.25, 0.3) is 0 Å². The highest BCUT2D eigenvalue weighted by atomic mass is 16.5. The van der Waals surface area contributed by atoms with Gasteiger partial charge in [0.05, 0.1) is 6.61 Å². The third-order valence-electron chi connectivity index (χ3n) is 1.98. The van der Waals surface area contributed by atoms with Crippen LogP contribution in [0.25, 0.3) is 0 Å². The second-order valence-corrected chi connectivity index (χ2v) is 3.39. The molecule has 0 heterocycles. The Bertz CT molecular complexity index is 370. The summed E-state index contributed by atoms with van der Waals surface area (Å²) in [6.45, 7) is 3.82. The molecule has 0 spiro atoms. The summed E-state index contributed by atoms with van der Waals surface area (Å²) in [5.74, 6) is 0.000101. The minimum Gasteiger partial charge on any atom is -0.449 e. The first-order valence-electron chi connectivity index (χ1n) is 5.18. The number of hydrogen-bond acceptors (Lipinski definition) is 3. The molecule has 0 unspecified atom stereocenters. The average Bonchev–Trinajstić information content (AvgIpc) is 2.27. The first-order chi connectivity index (χ1) is 7.63. The van der Waals surface area contributed by atoms with Crippen molar-refractivity contribution < 1.29 is 14.3 Å². The zero-order valence-corrected chi connectivity index (χ0v) is 9.45. The van der Waals surface area contributed by atoms with E-state index in [2.05, 4.69) is 5.32 Å². The van der Waals surface area contributed by atoms with Crippen molar-refractivity contribution in [2.24, 2.45) is 0 Å². The Hall–Kier alpha value is -1.84. The van der Waals surface area contributed by atoms with Crippen molar-refractivity contribution in [1.82, 2.24) is 0 Å². The quantitative estimate of drug-likeness (QED) is 0.795. The fraction of sp³-hybridized carbons (Fsp3) is 0.333. The minimum absolute atomic E-state index is 0.000101. The van der Waals surface area contributed by atoms with Crippen LogP contribution in [0, 0.1) is 0 Å². The van der Waals surface area contributed by atoms with Gasteiger partial charge in [0.15, 0.2) is 5.78 Å². The maximum Gasteiger partial charge on any atom is 0.411 e. The van der Waals surface area contributed by atoms with E-state index in [1.165, 1.54) is 6.92 Å². The van der Waals surface area contributed by atoms with Crippen LogP contribution < -0.4 is 5.32 Å². The van der Waals surface area contributed by atoms with E-state index >= 15 is 0 Å². The molecule has 1 aromatic carbocycles. The largest absolute Gasteiger partial charge is 0.449 e. The van der Waals surface area contributed by atoms with E-state index in [9.17, 15) is 9.59 Å². The standard InChI is InChI=1S/C12H15NO3/c1-3-8-16-12(15)13-11-6-4-10(5-7-11)9(2)14/h4-7H,3,8H2,1-2H3,(H,13,15). The number of anilines is 1. The van der Waals surface area contributed by atoms with Gasteiger partial charge in [-0.15, -0.1) is 0 Å². The van der Waals surface area contributed by atoms with Crippen molar-refractivity contribution in [1.29, 1.82) is 0 Å². The highest BCUT2D eigenvalue weighted by molar-refractivity contribution is 5.94. The molecule has 86 valence electrons. The summed E-state index contributed by atoms with van der Waals surface area (Å²) < 4.78 is 4.86. The molecular formula is C12H15NO3. The van der Waals surface area contributed by atoms with E-state index in [0.717, 1.165) is 6.42 Å². The summed E-state index contributed by atoms with van der Waals surface area (Å²) in [5.41, 5.74) is 1.23. The molecule has 0 aliphatic carbocycles. The molecule has 16 heavy (non-hydrogen) atoms. The summed E-state index contributed by atoms with van der Waals surface area (Å²) in [7, 11) is 0. The van der Waals surface area contributed by atoms with Gasteiger partial charge in [0.1, 0.15) is 0 Å². The Morgan fingerprint density at radius 2 is 1.88 bits per heavy atom. The predicted molar refractivity (Wildman–Crippen MR) is 61.7 cm³/mol. The van der Waals surface area contributed by atoms with Crippen LogP contribution in [0.4, 0.5) is 10.5 Å². The Balaban J connectivity index is 2.55. The fourth-order valence-electron chi connectivity index (χ4n) is 1.14. The lowest BCUT2D eigenvalue weighted by molar-refractivity contribution is 0.101. The van der Waals surface area contributed by atoms with Gasteiger partial charge >= 0.3 is 6.09 Å². The van der Waals surface area contributed by atoms with Crippen LogP contribution in [-0.4, -0.2) is 18.5 Å². The Kier molecular flexibility index (Phi) is 4.51. The monoisotopic (exact) mass is 221 g/mol. The van der Waals surface area contributed by atoms with Crippen molar-refractivity contribution in [2.45, 2.75) is 20.3 Å². The van der Waals surface area contributed by atoms with Gasteiger partial charge in [-0.05, 0) is 37.6 Å². The summed E-state index contributed by atoms with van der Waals surface area (Å²) >= 11 is 0. The van der Waals surface area contributed by atoms with E-state index in [4.69, 9.17) is 4.74 Å². The van der Waals surface area contributed by atoms with Crippen LogP contribution in [0.3, 0.4) is 0 Å². The second-order valence-electron chi connectivity index (χ2n) is 3.39. The van der Waals surface area contributed by atoms with Crippen molar-refractivity contribution >= 4 is 17.6 Å². The van der Waals surface area contributed by atoms with Crippen molar-refractivity contribution in [3.05, 3.63) is 29.8 Å². The van der Waals surface area contributed by atoms with Gasteiger partial charge in [0, 0.05) is 11.3 Å². The molecule has 0 saturated heterocycles. The van der Waals surface area contributed by atoms with Gasteiger partial charge in [0.2, 0.25) is 0 Å². The van der Waals surface area contributed by atoms with Crippen molar-refractivity contribution in [2.75, 3.05) is 11.9 Å². The number of carbonyl (C=O) groups excluding carboxylic acids is 2. The van der Waals surface area contributed by atoms with Crippen LogP contribution in [-0.2, 0) is 4.74 Å². The number of hydrogen-bond donors (Lipinski definition) is 1. The maximum absolute atomic E-state index is 11.2. The number of benzene rings is 1. The molecule has 0 radical (unpaired) electrons. The van der Waals surface area contributed by atoms with E-state index in [1.54, 1.807) is 24.3 Å². The molecule has 1 N–H and O–H groups in total. The highest BCUT2D eigenvalue weighted by Gasteiger charge is 2.03. The SMILES string of the molecule is CCCOC(=O)Nc1ccc(C(C)=O)cc1. The molecular weight excluding hydrogens is 206 g/mol. The molecule has 0 bridgehead atoms. The zero-order chi connectivity index (χ0) is 12.0. The number of ether oxygens (including phenoxy) is 1. The number of nitrogens with one attached hydrogen (secondary N) is 1. The topological polar surface area (TPSA) is 55.4 Å². The fourth-order valence-corrected chi connectivity index (χ4v) is 1.14. The van der Waals surface area contributed by atoms with Crippen LogP contribution in [0.15, 0.2) is 24.3 Å². The second kappa shape index (κ2) is 5.90. The van der Waals surface area contributed by atoms with Gasteiger partial charge < -0.3 is 4.74 Å². The van der Waals surface area contributed by atoms with Gasteiger partial charge in [-0.2, -0.15) is 0 Å². The average molecular weight is 221 g/mol. The number of Topliss-reactive ketones (excluding diaryl/α,β-unsaturated/α-hetero) is 1. The Morgan fingerprint density at radius 1 is 1.25 bits per heavy atom. The van der Waals surface area contributed by atoms with Crippen LogP contribution in [0.1, 0.15) is 30.6 Å². The highest BCUT2D eigenvalue weighted by Crippen LogP contribution is 2.10. The Morgan fingerprint density at radius 3 is 2.38 bits per heavy atom. The maximum atomic E-state index is 11.2. The third-order valence-corrected chi connectivity index (χ3v) is 1.98. The molecule has 0 fully saturated rings. The van der Waals surface area contributed by atoms with Gasteiger partial charge in [-0.1, -0.05) is 6.92 Å². The van der Waals surface area contributed by atoms with E-state index in [1.807, 2.05) is 6.92 Å². The molecule has 0 atom stereocenters. The molecule has 0 aliphatic heterocycles. The Labute approximate surface area is 94.6 Å². The lowest BCUT2D eigenvalue weighted by atomic mass is 10.1. The molecule has 1 rings (SSSR count). The van der Waals surface area contributed by atoms with Crippen LogP contribution in [0.2, 0.25) is 0 Å². The van der Waals surface area contributed by atoms with E-state index < -0.39 is 6.09 Å². The molecule has 0 saturated carbocycles. The van der Waals surface area contributed by atoms with E-state index in [-0.39, 0.29) is 5.78 Å². The summed E-state index contributed by atoms with van der Waals surface area (Å²) in [6, 6.07) is 6.67. The van der Waals surface area contributed by atoms with Gasteiger partial charge in [-0.3, -0.25) is 10.1 Å². The summed E-state index contributed by atoms with van der Waals surface area (Å²) in [4.78, 5) is 22.2. The minimum atomic E-state index is -0.475. The number of amides is 1. The third kappa shape index (κ3) is 3.73. The lowest BCUT2D eigenvalue weighted by Gasteiger charge is -2.06. The summed E-state index contributed by atoms with van der Waals surface area (Å²) in [5, 5.41) is 2.57. The number of rotatable bonds is 4. The smallest absolute Gasteiger partial charge is 0.411 e. The first-order valence-corrected chi connectivity index (χ1v) is 5.18. The normalized spacial score (nSPS) is 9.62. The van der Waals surface area contributed by atoms with Gasteiger partial charge in [-0.25, -0.2) is 4.79 Å². The van der Waals surface area contributed by atoms with Crippen LogP contribution >= 0.6 is 0 Å². The van der Waals surface area contributed by atoms with Crippen molar-refractivity contribution in [3.8, 4) is 0 Å². The molecule has 0 aromatic heterocycles. The molecule has 1 aromatic rings. The van der Waals surface area contributed by atoms with Crippen molar-refractivity contribution in [3.63, 3.8) is 0 Å². The predicted octanol–water partition coefficient (Wildman–Crippen LogP) is 2.85. The summed E-state index contributed by atoms with van der Waals surface area (Å²) in [6.07, 6.45) is 0.314. The zero-order valence-electron chi connectivity index (χ0n) is 9.45. The molecule has 0 aliphatic rings. The molecule has 1 amide bonds. The molecule has 4 heteroatoms. The lowest BCUT2D eigenvalue weighted by Crippen LogP contribution is -2.14. The number of ketones is 1. The first kappa shape index (κ1) is 12.2. The molecule has 4 nitrogen and oxygen atoms in total. The number of carbonyl (C=O) groups is 2. The van der Waals surface area contributed by atoms with Crippen LogP contribution in [0.5, 0.6) is 0 Å².